The number of ether oxygens (including phenoxy) is 1. The Bertz CT molecular complexity index is 491. The van der Waals surface area contributed by atoms with Crippen LogP contribution in [-0.4, -0.2) is 19.2 Å². The van der Waals surface area contributed by atoms with Crippen LogP contribution < -0.4 is 4.90 Å². The fourth-order valence-corrected chi connectivity index (χ4v) is 1.78. The molecule has 1 amide bonds. The number of hydrogen-bond donors (Lipinski definition) is 0. The van der Waals surface area contributed by atoms with Crippen LogP contribution in [0.4, 0.5) is 10.5 Å². The smallest absolute Gasteiger partial charge is 0.414 e. The first kappa shape index (κ1) is 11.5. The van der Waals surface area contributed by atoms with Gasteiger partial charge in [-0.1, -0.05) is 6.07 Å². The number of cyclic esters (lactones) is 1. The summed E-state index contributed by atoms with van der Waals surface area (Å²) in [6.45, 7) is 4.61. The lowest BCUT2D eigenvalue weighted by atomic mass is 10.1. The molecule has 1 atom stereocenters. The lowest BCUT2D eigenvalue weighted by molar-refractivity contribution is 0.127. The van der Waals surface area contributed by atoms with Crippen molar-refractivity contribution in [3.63, 3.8) is 0 Å². The summed E-state index contributed by atoms with van der Waals surface area (Å²) in [5, 5.41) is 8.87. The summed E-state index contributed by atoms with van der Waals surface area (Å²) in [5.74, 6) is -0.255. The van der Waals surface area contributed by atoms with Crippen LogP contribution in [0.25, 0.3) is 0 Å². The molecule has 1 aliphatic rings. The second-order valence-electron chi connectivity index (χ2n) is 4.28. The normalized spacial score (nSPS) is 19.7. The van der Waals surface area contributed by atoms with E-state index < -0.39 is 0 Å². The van der Waals surface area contributed by atoms with Gasteiger partial charge in [-0.05, 0) is 37.1 Å². The lowest BCUT2D eigenvalue weighted by Crippen LogP contribution is -2.42. The number of amides is 1. The van der Waals surface area contributed by atoms with E-state index in [9.17, 15) is 4.79 Å². The molecule has 2 rings (SSSR count). The number of nitriles is 1. The van der Waals surface area contributed by atoms with E-state index in [1.807, 2.05) is 32.0 Å². The largest absolute Gasteiger partial charge is 0.448 e. The summed E-state index contributed by atoms with van der Waals surface area (Å²) in [4.78, 5) is 13.2. The Morgan fingerprint density at radius 1 is 1.41 bits per heavy atom. The van der Waals surface area contributed by atoms with Crippen LogP contribution in [0.3, 0.4) is 0 Å². The van der Waals surface area contributed by atoms with Gasteiger partial charge in [-0.3, -0.25) is 4.90 Å². The topological polar surface area (TPSA) is 53.3 Å². The molecule has 1 heterocycles. The Kier molecular flexibility index (Phi) is 3.01. The molecule has 0 N–H and O–H groups in total. The van der Waals surface area contributed by atoms with Gasteiger partial charge in [-0.25, -0.2) is 4.79 Å². The maximum absolute atomic E-state index is 11.6. The Morgan fingerprint density at radius 2 is 2.18 bits per heavy atom. The minimum Gasteiger partial charge on any atom is -0.448 e. The van der Waals surface area contributed by atoms with E-state index in [-0.39, 0.29) is 18.6 Å². The highest BCUT2D eigenvalue weighted by molar-refractivity contribution is 5.88. The van der Waals surface area contributed by atoms with E-state index in [1.165, 1.54) is 10.5 Å². The number of aryl methyl sites for hydroxylation is 2. The van der Waals surface area contributed by atoms with Gasteiger partial charge in [0.25, 0.3) is 0 Å². The van der Waals surface area contributed by atoms with E-state index in [0.29, 0.717) is 6.54 Å². The predicted molar refractivity (Wildman–Crippen MR) is 63.7 cm³/mol. The van der Waals surface area contributed by atoms with Crippen LogP contribution in [0.2, 0.25) is 0 Å². The molecule has 1 aliphatic heterocycles. The first-order chi connectivity index (χ1) is 8.11. The maximum Gasteiger partial charge on any atom is 0.414 e. The number of anilines is 1. The van der Waals surface area contributed by atoms with Crippen LogP contribution in [0.5, 0.6) is 0 Å². The van der Waals surface area contributed by atoms with Gasteiger partial charge in [0.1, 0.15) is 6.61 Å². The van der Waals surface area contributed by atoms with E-state index in [1.54, 1.807) is 0 Å². The minimum atomic E-state index is -0.375. The van der Waals surface area contributed by atoms with Crippen molar-refractivity contribution in [2.24, 2.45) is 5.92 Å². The summed E-state index contributed by atoms with van der Waals surface area (Å²) >= 11 is 0. The predicted octanol–water partition coefficient (Wildman–Crippen LogP) is 2.40. The SMILES string of the molecule is Cc1ccc(N2CC(C#N)COC2=O)cc1C. The average molecular weight is 230 g/mol. The number of carbonyl (C=O) groups is 1. The highest BCUT2D eigenvalue weighted by Gasteiger charge is 2.28. The van der Waals surface area contributed by atoms with Crippen molar-refractivity contribution in [3.8, 4) is 6.07 Å². The molecule has 1 aromatic carbocycles. The molecular formula is C13H14N2O2. The van der Waals surface area contributed by atoms with E-state index >= 15 is 0 Å². The molecule has 1 saturated heterocycles. The Balaban J connectivity index is 2.28. The molecule has 1 aromatic rings. The fourth-order valence-electron chi connectivity index (χ4n) is 1.78. The van der Waals surface area contributed by atoms with E-state index in [2.05, 4.69) is 6.07 Å². The molecule has 0 spiro atoms. The van der Waals surface area contributed by atoms with Crippen LogP contribution in [-0.2, 0) is 4.74 Å². The number of carbonyl (C=O) groups excluding carboxylic acids is 1. The van der Waals surface area contributed by atoms with Crippen LogP contribution in [0, 0.1) is 31.1 Å². The average Bonchev–Trinajstić information content (AvgIpc) is 2.33. The van der Waals surface area contributed by atoms with Crippen LogP contribution >= 0.6 is 0 Å². The first-order valence-electron chi connectivity index (χ1n) is 5.53. The first-order valence-corrected chi connectivity index (χ1v) is 5.53. The minimum absolute atomic E-state index is 0.191. The maximum atomic E-state index is 11.6. The van der Waals surface area contributed by atoms with Gasteiger partial charge in [-0.15, -0.1) is 0 Å². The van der Waals surface area contributed by atoms with Crippen molar-refractivity contribution in [1.82, 2.24) is 0 Å². The van der Waals surface area contributed by atoms with Gasteiger partial charge in [0.05, 0.1) is 12.0 Å². The second kappa shape index (κ2) is 4.46. The zero-order valence-corrected chi connectivity index (χ0v) is 9.93. The molecule has 4 heteroatoms. The van der Waals surface area contributed by atoms with Crippen molar-refractivity contribution in [2.75, 3.05) is 18.1 Å². The monoisotopic (exact) mass is 230 g/mol. The fraction of sp³-hybridized carbons (Fsp3) is 0.385. The molecule has 17 heavy (non-hydrogen) atoms. The van der Waals surface area contributed by atoms with Gasteiger partial charge in [0.15, 0.2) is 0 Å². The molecule has 0 aromatic heterocycles. The quantitative estimate of drug-likeness (QED) is 0.744. The van der Waals surface area contributed by atoms with Crippen molar-refractivity contribution in [2.45, 2.75) is 13.8 Å². The zero-order chi connectivity index (χ0) is 12.4. The standard InChI is InChI=1S/C13H14N2O2/c1-9-3-4-12(5-10(9)2)15-7-11(6-14)8-17-13(15)16/h3-5,11H,7-8H2,1-2H3. The third-order valence-corrected chi connectivity index (χ3v) is 3.02. The summed E-state index contributed by atoms with van der Waals surface area (Å²) in [6.07, 6.45) is -0.375. The van der Waals surface area contributed by atoms with E-state index in [4.69, 9.17) is 10.00 Å². The number of rotatable bonds is 1. The second-order valence-corrected chi connectivity index (χ2v) is 4.28. The summed E-state index contributed by atoms with van der Waals surface area (Å²) in [7, 11) is 0. The van der Waals surface area contributed by atoms with Gasteiger partial charge in [0.2, 0.25) is 0 Å². The molecular weight excluding hydrogens is 216 g/mol. The summed E-state index contributed by atoms with van der Waals surface area (Å²) in [6, 6.07) is 7.92. The molecule has 1 fully saturated rings. The number of nitrogens with zero attached hydrogens (tertiary/aromatic N) is 2. The molecule has 0 bridgehead atoms. The molecule has 0 aliphatic carbocycles. The van der Waals surface area contributed by atoms with Crippen LogP contribution in [0.15, 0.2) is 18.2 Å². The lowest BCUT2D eigenvalue weighted by Gasteiger charge is -2.29. The number of hydrogen-bond acceptors (Lipinski definition) is 3. The molecule has 88 valence electrons. The van der Waals surface area contributed by atoms with Crippen molar-refractivity contribution < 1.29 is 9.53 Å². The Morgan fingerprint density at radius 3 is 2.82 bits per heavy atom. The van der Waals surface area contributed by atoms with Crippen LogP contribution in [0.1, 0.15) is 11.1 Å². The third-order valence-electron chi connectivity index (χ3n) is 3.02. The Labute approximate surface area is 100 Å². The van der Waals surface area contributed by atoms with Gasteiger partial charge >= 0.3 is 6.09 Å². The zero-order valence-electron chi connectivity index (χ0n) is 9.93. The molecule has 0 saturated carbocycles. The van der Waals surface area contributed by atoms with Gasteiger partial charge < -0.3 is 4.74 Å². The highest BCUT2D eigenvalue weighted by atomic mass is 16.6. The molecule has 0 radical (unpaired) electrons. The highest BCUT2D eigenvalue weighted by Crippen LogP contribution is 2.23. The van der Waals surface area contributed by atoms with Crippen molar-refractivity contribution in [3.05, 3.63) is 29.3 Å². The van der Waals surface area contributed by atoms with Gasteiger partial charge in [-0.2, -0.15) is 5.26 Å². The number of benzene rings is 1. The van der Waals surface area contributed by atoms with Crippen molar-refractivity contribution >= 4 is 11.8 Å². The third kappa shape index (κ3) is 2.23. The summed E-state index contributed by atoms with van der Waals surface area (Å²) < 4.78 is 4.98. The van der Waals surface area contributed by atoms with E-state index in [0.717, 1.165) is 11.3 Å². The molecule has 4 nitrogen and oxygen atoms in total. The van der Waals surface area contributed by atoms with Crippen molar-refractivity contribution in [1.29, 1.82) is 5.26 Å². The Hall–Kier alpha value is -2.02. The van der Waals surface area contributed by atoms with Gasteiger partial charge in [0, 0.05) is 12.2 Å². The summed E-state index contributed by atoms with van der Waals surface area (Å²) in [5.41, 5.74) is 3.09. The molecule has 1 unspecified atom stereocenters.